The summed E-state index contributed by atoms with van der Waals surface area (Å²) in [5, 5.41) is 10.9. The van der Waals surface area contributed by atoms with Crippen LogP contribution in [0.2, 0.25) is 0 Å². The smallest absolute Gasteiger partial charge is 0.344 e. The molecule has 0 aromatic heterocycles. The molecule has 1 aliphatic heterocycles. The van der Waals surface area contributed by atoms with Gasteiger partial charge in [0, 0.05) is 5.56 Å². The lowest BCUT2D eigenvalue weighted by Crippen LogP contribution is -2.14. The van der Waals surface area contributed by atoms with E-state index in [9.17, 15) is 14.7 Å². The minimum Gasteiger partial charge on any atom is -0.506 e. The quantitative estimate of drug-likeness (QED) is 0.385. The Morgan fingerprint density at radius 3 is 2.33 bits per heavy atom. The Labute approximate surface area is 214 Å². The molecule has 0 bridgehead atoms. The first-order chi connectivity index (χ1) is 17.4. The van der Waals surface area contributed by atoms with Crippen LogP contribution in [0.15, 0.2) is 100 Å². The minimum absolute atomic E-state index is 0.102. The Morgan fingerprint density at radius 2 is 1.67 bits per heavy atom. The maximum Gasteiger partial charge on any atom is 0.344 e. The number of ether oxygens (including phenoxy) is 2. The number of esters is 1. The van der Waals surface area contributed by atoms with Gasteiger partial charge in [0.2, 0.25) is 0 Å². The first-order valence-electron chi connectivity index (χ1n) is 11.4. The molecule has 1 heterocycles. The average molecular weight is 500 g/mol. The molecule has 0 aliphatic carbocycles. The SMILES string of the molecule is CCOC(=O)C1=C(O)/C(=C/c2ccc(OCc3ccccc3)cc2)SC1=NC(=O)c1ccc(C)cc1. The Kier molecular flexibility index (Phi) is 8.02. The monoisotopic (exact) mass is 499 g/mol. The first kappa shape index (κ1) is 25.0. The molecule has 1 aliphatic rings. The standard InChI is InChI=1S/C29H25NO5S/c1-3-34-29(33)25-26(31)24(36-28(25)30-27(32)22-13-9-19(2)10-14-22)17-20-11-15-23(16-12-20)35-18-21-7-5-4-6-8-21/h4-17,31H,3,18H2,1-2H3/b24-17-,30-28?. The lowest BCUT2D eigenvalue weighted by atomic mass is 10.1. The van der Waals surface area contributed by atoms with Crippen LogP contribution in [0, 0.1) is 6.92 Å². The van der Waals surface area contributed by atoms with Crippen molar-refractivity contribution in [2.24, 2.45) is 4.99 Å². The van der Waals surface area contributed by atoms with Crippen LogP contribution in [0.5, 0.6) is 5.75 Å². The van der Waals surface area contributed by atoms with Crippen molar-refractivity contribution in [2.75, 3.05) is 6.61 Å². The number of nitrogens with zero attached hydrogens (tertiary/aromatic N) is 1. The number of carbonyl (C=O) groups excluding carboxylic acids is 2. The number of hydrogen-bond acceptors (Lipinski definition) is 6. The molecule has 182 valence electrons. The van der Waals surface area contributed by atoms with E-state index in [4.69, 9.17) is 9.47 Å². The molecule has 4 rings (SSSR count). The van der Waals surface area contributed by atoms with E-state index in [2.05, 4.69) is 4.99 Å². The molecule has 0 fully saturated rings. The lowest BCUT2D eigenvalue weighted by molar-refractivity contribution is -0.138. The number of aliphatic imine (C=N–C) groups is 1. The largest absolute Gasteiger partial charge is 0.506 e. The second-order valence-electron chi connectivity index (χ2n) is 7.99. The van der Waals surface area contributed by atoms with E-state index in [0.29, 0.717) is 22.8 Å². The summed E-state index contributed by atoms with van der Waals surface area (Å²) in [5.41, 5.74) is 3.14. The Hall–Kier alpha value is -4.10. The van der Waals surface area contributed by atoms with E-state index >= 15 is 0 Å². The second kappa shape index (κ2) is 11.6. The van der Waals surface area contributed by atoms with E-state index in [1.54, 1.807) is 25.1 Å². The van der Waals surface area contributed by atoms with Crippen molar-refractivity contribution in [3.63, 3.8) is 0 Å². The Bertz CT molecular complexity index is 1340. The van der Waals surface area contributed by atoms with Crippen LogP contribution >= 0.6 is 11.8 Å². The molecule has 3 aromatic carbocycles. The fourth-order valence-corrected chi connectivity index (χ4v) is 4.41. The summed E-state index contributed by atoms with van der Waals surface area (Å²) in [6.07, 6.45) is 1.72. The fraction of sp³-hybridized carbons (Fsp3) is 0.138. The van der Waals surface area contributed by atoms with Gasteiger partial charge in [-0.1, -0.05) is 71.9 Å². The van der Waals surface area contributed by atoms with Crippen LogP contribution in [-0.2, 0) is 16.1 Å². The van der Waals surface area contributed by atoms with Crippen LogP contribution in [0.1, 0.15) is 34.0 Å². The third-order valence-electron chi connectivity index (χ3n) is 5.30. The number of rotatable bonds is 7. The molecule has 0 saturated carbocycles. The van der Waals surface area contributed by atoms with Gasteiger partial charge in [-0.15, -0.1) is 0 Å². The summed E-state index contributed by atoms with van der Waals surface area (Å²) in [7, 11) is 0. The van der Waals surface area contributed by atoms with Gasteiger partial charge in [-0.3, -0.25) is 4.79 Å². The van der Waals surface area contributed by atoms with Crippen molar-refractivity contribution in [1.82, 2.24) is 0 Å². The molecule has 0 atom stereocenters. The molecule has 0 radical (unpaired) electrons. The maximum atomic E-state index is 12.7. The highest BCUT2D eigenvalue weighted by atomic mass is 32.2. The highest BCUT2D eigenvalue weighted by Gasteiger charge is 2.33. The van der Waals surface area contributed by atoms with Gasteiger partial charge in [0.15, 0.2) is 0 Å². The first-order valence-corrected chi connectivity index (χ1v) is 12.2. The van der Waals surface area contributed by atoms with Gasteiger partial charge in [-0.25, -0.2) is 9.79 Å². The molecule has 0 saturated heterocycles. The number of aliphatic hydroxyl groups is 1. The number of aliphatic hydroxyl groups excluding tert-OH is 1. The molecule has 1 amide bonds. The van der Waals surface area contributed by atoms with E-state index < -0.39 is 11.9 Å². The average Bonchev–Trinajstić information content (AvgIpc) is 3.19. The summed E-state index contributed by atoms with van der Waals surface area (Å²) in [5.74, 6) is -0.796. The summed E-state index contributed by atoms with van der Waals surface area (Å²) in [4.78, 5) is 29.8. The highest BCUT2D eigenvalue weighted by Crippen LogP contribution is 2.39. The van der Waals surface area contributed by atoms with Crippen LogP contribution in [0.25, 0.3) is 6.08 Å². The summed E-state index contributed by atoms with van der Waals surface area (Å²) in [6, 6.07) is 24.2. The fourth-order valence-electron chi connectivity index (χ4n) is 3.40. The van der Waals surface area contributed by atoms with Crippen molar-refractivity contribution < 1.29 is 24.2 Å². The van der Waals surface area contributed by atoms with Crippen molar-refractivity contribution in [3.05, 3.63) is 117 Å². The second-order valence-corrected chi connectivity index (χ2v) is 9.02. The molecular formula is C29H25NO5S. The van der Waals surface area contributed by atoms with E-state index in [1.807, 2.05) is 73.7 Å². The highest BCUT2D eigenvalue weighted by molar-refractivity contribution is 8.18. The van der Waals surface area contributed by atoms with Crippen LogP contribution in [0.3, 0.4) is 0 Å². The number of carbonyl (C=O) groups is 2. The zero-order valence-corrected chi connectivity index (χ0v) is 20.7. The molecule has 0 spiro atoms. The predicted octanol–water partition coefficient (Wildman–Crippen LogP) is 6.28. The van der Waals surface area contributed by atoms with Gasteiger partial charge in [0.25, 0.3) is 5.91 Å². The zero-order chi connectivity index (χ0) is 25.5. The molecule has 0 unspecified atom stereocenters. The molecule has 3 aromatic rings. The van der Waals surface area contributed by atoms with Crippen molar-refractivity contribution >= 4 is 34.8 Å². The third kappa shape index (κ3) is 6.12. The lowest BCUT2D eigenvalue weighted by Gasteiger charge is -2.06. The summed E-state index contributed by atoms with van der Waals surface area (Å²) < 4.78 is 10.9. The molecule has 1 N–H and O–H groups in total. The van der Waals surface area contributed by atoms with Gasteiger partial charge >= 0.3 is 5.97 Å². The molecule has 36 heavy (non-hydrogen) atoms. The van der Waals surface area contributed by atoms with E-state index in [0.717, 1.165) is 28.5 Å². The van der Waals surface area contributed by atoms with Crippen LogP contribution < -0.4 is 4.74 Å². The molecule has 6 nitrogen and oxygen atoms in total. The summed E-state index contributed by atoms with van der Waals surface area (Å²) >= 11 is 1.05. The predicted molar refractivity (Wildman–Crippen MR) is 142 cm³/mol. The Balaban J connectivity index is 1.55. The van der Waals surface area contributed by atoms with Crippen molar-refractivity contribution in [1.29, 1.82) is 0 Å². The zero-order valence-electron chi connectivity index (χ0n) is 19.9. The van der Waals surface area contributed by atoms with Gasteiger partial charge in [-0.05, 0) is 55.3 Å². The number of amides is 1. The number of thioether (sulfide) groups is 1. The minimum atomic E-state index is -0.731. The Morgan fingerprint density at radius 1 is 0.972 bits per heavy atom. The van der Waals surface area contributed by atoms with E-state index in [1.165, 1.54) is 0 Å². The maximum absolute atomic E-state index is 12.7. The number of benzene rings is 3. The van der Waals surface area contributed by atoms with Gasteiger partial charge in [0.1, 0.15) is 28.7 Å². The molecular weight excluding hydrogens is 474 g/mol. The normalized spacial score (nSPS) is 15.4. The molecule has 7 heteroatoms. The van der Waals surface area contributed by atoms with Gasteiger partial charge < -0.3 is 14.6 Å². The van der Waals surface area contributed by atoms with Gasteiger partial charge in [-0.2, -0.15) is 0 Å². The van der Waals surface area contributed by atoms with Crippen molar-refractivity contribution in [2.45, 2.75) is 20.5 Å². The van der Waals surface area contributed by atoms with Crippen LogP contribution in [-0.4, -0.2) is 28.6 Å². The third-order valence-corrected chi connectivity index (χ3v) is 6.32. The topological polar surface area (TPSA) is 85.2 Å². The van der Waals surface area contributed by atoms with Crippen molar-refractivity contribution in [3.8, 4) is 5.75 Å². The summed E-state index contributed by atoms with van der Waals surface area (Å²) in [6.45, 7) is 4.18. The van der Waals surface area contributed by atoms with Crippen LogP contribution in [0.4, 0.5) is 0 Å². The number of aryl methyl sites for hydroxylation is 1. The van der Waals surface area contributed by atoms with Gasteiger partial charge in [0.05, 0.1) is 11.5 Å². The van der Waals surface area contributed by atoms with E-state index in [-0.39, 0.29) is 23.0 Å². The number of hydrogen-bond donors (Lipinski definition) is 1.